The second-order valence-electron chi connectivity index (χ2n) is 8.04. The summed E-state index contributed by atoms with van der Waals surface area (Å²) in [4.78, 5) is 53.5. The highest BCUT2D eigenvalue weighted by molar-refractivity contribution is 6.02. The molecule has 2 heterocycles. The fourth-order valence-electron chi connectivity index (χ4n) is 3.91. The van der Waals surface area contributed by atoms with Crippen molar-refractivity contribution in [1.82, 2.24) is 20.4 Å². The van der Waals surface area contributed by atoms with Gasteiger partial charge in [0.05, 0.1) is 0 Å². The third-order valence-corrected chi connectivity index (χ3v) is 5.66. The summed E-state index contributed by atoms with van der Waals surface area (Å²) < 4.78 is 0. The van der Waals surface area contributed by atoms with E-state index in [4.69, 9.17) is 0 Å². The Bertz CT molecular complexity index is 750. The molecule has 30 heavy (non-hydrogen) atoms. The predicted molar refractivity (Wildman–Crippen MR) is 112 cm³/mol. The van der Waals surface area contributed by atoms with Gasteiger partial charge in [-0.1, -0.05) is 6.07 Å². The molecule has 4 amide bonds. The van der Waals surface area contributed by atoms with Gasteiger partial charge in [0.25, 0.3) is 11.8 Å². The zero-order chi connectivity index (χ0) is 21.7. The molecule has 0 bridgehead atoms. The van der Waals surface area contributed by atoms with Crippen molar-refractivity contribution < 1.29 is 19.2 Å². The van der Waals surface area contributed by atoms with Crippen molar-refractivity contribution in [1.29, 1.82) is 0 Å². The number of rotatable bonds is 6. The predicted octanol–water partition coefficient (Wildman–Crippen LogP) is 1.17. The number of benzene rings is 1. The van der Waals surface area contributed by atoms with Crippen molar-refractivity contribution in [3.05, 3.63) is 35.4 Å². The zero-order valence-electron chi connectivity index (χ0n) is 17.6. The smallest absolute Gasteiger partial charge is 0.251 e. The fourth-order valence-corrected chi connectivity index (χ4v) is 3.91. The van der Waals surface area contributed by atoms with Crippen LogP contribution in [0.15, 0.2) is 24.3 Å². The molecule has 0 spiro atoms. The van der Waals surface area contributed by atoms with E-state index in [-0.39, 0.29) is 11.8 Å². The number of nitrogens with zero attached hydrogens (tertiary/aromatic N) is 2. The van der Waals surface area contributed by atoms with Gasteiger partial charge >= 0.3 is 0 Å². The lowest BCUT2D eigenvalue weighted by molar-refractivity contribution is -0.132. The molecule has 2 atom stereocenters. The molecule has 0 aromatic heterocycles. The molecule has 1 aromatic rings. The largest absolute Gasteiger partial charge is 0.341 e. The number of likely N-dealkylation sites (tertiary alicyclic amines) is 2. The van der Waals surface area contributed by atoms with Gasteiger partial charge in [0.1, 0.15) is 12.1 Å². The first-order valence-electron chi connectivity index (χ1n) is 10.7. The van der Waals surface area contributed by atoms with E-state index in [0.717, 1.165) is 51.9 Å². The van der Waals surface area contributed by atoms with Gasteiger partial charge in [-0.05, 0) is 57.7 Å². The van der Waals surface area contributed by atoms with E-state index >= 15 is 0 Å². The highest BCUT2D eigenvalue weighted by Gasteiger charge is 2.26. The zero-order valence-corrected chi connectivity index (χ0v) is 17.6. The molecule has 8 nitrogen and oxygen atoms in total. The van der Waals surface area contributed by atoms with Crippen LogP contribution >= 0.6 is 0 Å². The van der Waals surface area contributed by atoms with E-state index in [1.165, 1.54) is 6.07 Å². The molecule has 2 aliphatic rings. The molecule has 2 saturated heterocycles. The minimum atomic E-state index is -0.633. The standard InChI is InChI=1S/C22H30N4O4/c1-15(21(29)25-10-3-4-11-25)23-19(27)17-8-7-9-18(14-17)20(28)24-16(2)22(30)26-12-5-6-13-26/h7-9,14-16H,3-6,10-13H2,1-2H3,(H,23,27)(H,24,28)/t15-,16-/m0/s1. The lowest BCUT2D eigenvalue weighted by Crippen LogP contribution is -2.46. The normalized spacial score (nSPS) is 18.1. The summed E-state index contributed by atoms with van der Waals surface area (Å²) in [5.74, 6) is -1.01. The highest BCUT2D eigenvalue weighted by atomic mass is 16.2. The molecular weight excluding hydrogens is 384 g/mol. The molecule has 2 N–H and O–H groups in total. The van der Waals surface area contributed by atoms with Crippen LogP contribution < -0.4 is 10.6 Å². The van der Waals surface area contributed by atoms with E-state index in [9.17, 15) is 19.2 Å². The summed E-state index contributed by atoms with van der Waals surface area (Å²) in [7, 11) is 0. The lowest BCUT2D eigenvalue weighted by Gasteiger charge is -2.21. The number of carbonyl (C=O) groups is 4. The van der Waals surface area contributed by atoms with Crippen molar-refractivity contribution in [3.8, 4) is 0 Å². The molecule has 0 saturated carbocycles. The van der Waals surface area contributed by atoms with E-state index < -0.39 is 23.9 Å². The summed E-state index contributed by atoms with van der Waals surface area (Å²) in [6.07, 6.45) is 3.95. The van der Waals surface area contributed by atoms with Gasteiger partial charge in [-0.2, -0.15) is 0 Å². The van der Waals surface area contributed by atoms with Gasteiger partial charge in [0.15, 0.2) is 0 Å². The number of carbonyl (C=O) groups excluding carboxylic acids is 4. The van der Waals surface area contributed by atoms with Crippen molar-refractivity contribution in [3.63, 3.8) is 0 Å². The van der Waals surface area contributed by atoms with Crippen LogP contribution in [-0.2, 0) is 9.59 Å². The Labute approximate surface area is 177 Å². The van der Waals surface area contributed by atoms with Crippen molar-refractivity contribution >= 4 is 23.6 Å². The van der Waals surface area contributed by atoms with E-state index in [0.29, 0.717) is 11.1 Å². The SMILES string of the molecule is C[C@H](NC(=O)c1cccc(C(=O)N[C@@H](C)C(=O)N2CCCC2)c1)C(=O)N1CCCC1. The topological polar surface area (TPSA) is 98.8 Å². The Morgan fingerprint density at radius 2 is 1.10 bits per heavy atom. The molecule has 0 radical (unpaired) electrons. The third-order valence-electron chi connectivity index (χ3n) is 5.66. The summed E-state index contributed by atoms with van der Waals surface area (Å²) >= 11 is 0. The first kappa shape index (κ1) is 21.8. The first-order valence-corrected chi connectivity index (χ1v) is 10.7. The van der Waals surface area contributed by atoms with Gasteiger partial charge in [0, 0.05) is 37.3 Å². The van der Waals surface area contributed by atoms with Crippen LogP contribution in [0.5, 0.6) is 0 Å². The van der Waals surface area contributed by atoms with E-state index in [2.05, 4.69) is 10.6 Å². The molecule has 8 heteroatoms. The second-order valence-corrected chi connectivity index (χ2v) is 8.04. The van der Waals surface area contributed by atoms with Gasteiger partial charge in [-0.15, -0.1) is 0 Å². The summed E-state index contributed by atoms with van der Waals surface area (Å²) in [5.41, 5.74) is 0.587. The van der Waals surface area contributed by atoms with Crippen LogP contribution in [0.25, 0.3) is 0 Å². The monoisotopic (exact) mass is 414 g/mol. The minimum absolute atomic E-state index is 0.0935. The van der Waals surface area contributed by atoms with Crippen LogP contribution in [0.1, 0.15) is 60.2 Å². The Morgan fingerprint density at radius 3 is 1.47 bits per heavy atom. The van der Waals surface area contributed by atoms with Crippen LogP contribution in [0.3, 0.4) is 0 Å². The van der Waals surface area contributed by atoms with Crippen molar-refractivity contribution in [2.45, 2.75) is 51.6 Å². The average molecular weight is 415 g/mol. The Hall–Kier alpha value is -2.90. The maximum absolute atomic E-state index is 12.6. The van der Waals surface area contributed by atoms with Crippen molar-refractivity contribution in [2.75, 3.05) is 26.2 Å². The Morgan fingerprint density at radius 1 is 0.733 bits per heavy atom. The maximum atomic E-state index is 12.6. The average Bonchev–Trinajstić information content (AvgIpc) is 3.46. The molecular formula is C22H30N4O4. The van der Waals surface area contributed by atoms with Crippen LogP contribution in [-0.4, -0.2) is 71.7 Å². The number of nitrogens with one attached hydrogen (secondary N) is 2. The first-order chi connectivity index (χ1) is 14.4. The molecule has 2 fully saturated rings. The van der Waals surface area contributed by atoms with Crippen LogP contribution in [0.2, 0.25) is 0 Å². The van der Waals surface area contributed by atoms with Crippen LogP contribution in [0, 0.1) is 0 Å². The summed E-state index contributed by atoms with van der Waals surface area (Å²) in [6.45, 7) is 6.24. The number of amides is 4. The van der Waals surface area contributed by atoms with Gasteiger partial charge < -0.3 is 20.4 Å². The quantitative estimate of drug-likeness (QED) is 0.730. The second kappa shape index (κ2) is 9.73. The molecule has 3 rings (SSSR count). The van der Waals surface area contributed by atoms with Gasteiger partial charge in [-0.3, -0.25) is 19.2 Å². The van der Waals surface area contributed by atoms with E-state index in [1.54, 1.807) is 41.8 Å². The highest BCUT2D eigenvalue weighted by Crippen LogP contribution is 2.12. The Balaban J connectivity index is 1.58. The van der Waals surface area contributed by atoms with Gasteiger partial charge in [-0.25, -0.2) is 0 Å². The number of hydrogen-bond acceptors (Lipinski definition) is 4. The molecule has 1 aromatic carbocycles. The van der Waals surface area contributed by atoms with Crippen molar-refractivity contribution in [2.24, 2.45) is 0 Å². The lowest BCUT2D eigenvalue weighted by atomic mass is 10.1. The third kappa shape index (κ3) is 5.17. The summed E-state index contributed by atoms with van der Waals surface area (Å²) in [5, 5.41) is 5.42. The number of hydrogen-bond donors (Lipinski definition) is 2. The minimum Gasteiger partial charge on any atom is -0.341 e. The molecule has 0 aliphatic carbocycles. The fraction of sp³-hybridized carbons (Fsp3) is 0.545. The van der Waals surface area contributed by atoms with Gasteiger partial charge in [0.2, 0.25) is 11.8 Å². The Kier molecular flexibility index (Phi) is 7.07. The molecule has 162 valence electrons. The molecule has 2 aliphatic heterocycles. The maximum Gasteiger partial charge on any atom is 0.251 e. The molecule has 0 unspecified atom stereocenters. The van der Waals surface area contributed by atoms with E-state index in [1.807, 2.05) is 0 Å². The van der Waals surface area contributed by atoms with Crippen LogP contribution in [0.4, 0.5) is 0 Å². The summed E-state index contributed by atoms with van der Waals surface area (Å²) in [6, 6.07) is 5.02.